The Balaban J connectivity index is 1.72. The van der Waals surface area contributed by atoms with E-state index in [9.17, 15) is 0 Å². The summed E-state index contributed by atoms with van der Waals surface area (Å²) in [7, 11) is 0. The summed E-state index contributed by atoms with van der Waals surface area (Å²) >= 11 is 0. The Kier molecular flexibility index (Phi) is 3.42. The summed E-state index contributed by atoms with van der Waals surface area (Å²) in [6.07, 6.45) is 0. The van der Waals surface area contributed by atoms with Crippen molar-refractivity contribution >= 4 is 5.96 Å². The highest BCUT2D eigenvalue weighted by Crippen LogP contribution is 2.42. The maximum absolute atomic E-state index is 6.22. The summed E-state index contributed by atoms with van der Waals surface area (Å²) in [5.41, 5.74) is 7.66. The first kappa shape index (κ1) is 13.4. The van der Waals surface area contributed by atoms with Crippen LogP contribution in [0.2, 0.25) is 0 Å². The van der Waals surface area contributed by atoms with Gasteiger partial charge in [-0.3, -0.25) is 0 Å². The standard InChI is InChI=1S/C16H23N3O/c1-16(2)11-19(14-10-20-9-13(14)16)15(17)18-8-12-6-4-3-5-7-12/h3-7,13-14H,8-11H2,1-2H3,(H2,17,18). The molecule has 108 valence electrons. The van der Waals surface area contributed by atoms with Crippen molar-refractivity contribution in [1.29, 1.82) is 0 Å². The van der Waals surface area contributed by atoms with E-state index in [2.05, 4.69) is 35.9 Å². The molecule has 2 N–H and O–H groups in total. The van der Waals surface area contributed by atoms with E-state index in [1.165, 1.54) is 5.56 Å². The topological polar surface area (TPSA) is 50.8 Å². The van der Waals surface area contributed by atoms with Crippen LogP contribution < -0.4 is 5.73 Å². The van der Waals surface area contributed by atoms with Gasteiger partial charge in [-0.25, -0.2) is 4.99 Å². The highest BCUT2D eigenvalue weighted by molar-refractivity contribution is 5.79. The minimum absolute atomic E-state index is 0.244. The largest absolute Gasteiger partial charge is 0.379 e. The lowest BCUT2D eigenvalue weighted by atomic mass is 9.80. The molecule has 0 spiro atoms. The first-order valence-electron chi connectivity index (χ1n) is 7.26. The van der Waals surface area contributed by atoms with Crippen LogP contribution in [0.25, 0.3) is 0 Å². The van der Waals surface area contributed by atoms with Crippen molar-refractivity contribution in [2.24, 2.45) is 22.1 Å². The average Bonchev–Trinajstić information content (AvgIpc) is 3.01. The second-order valence-corrected chi connectivity index (χ2v) is 6.49. The van der Waals surface area contributed by atoms with Crippen LogP contribution in [-0.2, 0) is 11.3 Å². The molecule has 2 atom stereocenters. The van der Waals surface area contributed by atoms with Gasteiger partial charge in [-0.05, 0) is 11.0 Å². The van der Waals surface area contributed by atoms with Crippen molar-refractivity contribution in [2.45, 2.75) is 26.4 Å². The third-order valence-electron chi connectivity index (χ3n) is 4.59. The second-order valence-electron chi connectivity index (χ2n) is 6.49. The van der Waals surface area contributed by atoms with Crippen LogP contribution in [0, 0.1) is 11.3 Å². The van der Waals surface area contributed by atoms with E-state index in [0.29, 0.717) is 24.5 Å². The van der Waals surface area contributed by atoms with Crippen LogP contribution in [0.5, 0.6) is 0 Å². The van der Waals surface area contributed by atoms with Gasteiger partial charge in [0.15, 0.2) is 5.96 Å². The number of fused-ring (bicyclic) bond motifs is 1. The molecular weight excluding hydrogens is 250 g/mol. The molecule has 2 aliphatic heterocycles. The molecule has 2 saturated heterocycles. The van der Waals surface area contributed by atoms with Gasteiger partial charge in [-0.1, -0.05) is 44.2 Å². The van der Waals surface area contributed by atoms with Gasteiger partial charge in [-0.2, -0.15) is 0 Å². The summed E-state index contributed by atoms with van der Waals surface area (Å²) in [6, 6.07) is 10.6. The average molecular weight is 273 g/mol. The van der Waals surface area contributed by atoms with Gasteiger partial charge in [0.05, 0.1) is 25.8 Å². The smallest absolute Gasteiger partial charge is 0.191 e. The molecule has 0 amide bonds. The highest BCUT2D eigenvalue weighted by atomic mass is 16.5. The zero-order chi connectivity index (χ0) is 14.2. The fourth-order valence-electron chi connectivity index (χ4n) is 3.37. The Labute approximate surface area is 120 Å². The van der Waals surface area contributed by atoms with Gasteiger partial charge in [0.1, 0.15) is 0 Å². The molecule has 0 aliphatic carbocycles. The molecule has 0 aromatic heterocycles. The SMILES string of the molecule is CC1(C)CN(C(N)=NCc2ccccc2)C2COCC21. The molecule has 4 nitrogen and oxygen atoms in total. The number of aliphatic imine (C=N–C) groups is 1. The predicted molar refractivity (Wildman–Crippen MR) is 80.4 cm³/mol. The van der Waals surface area contributed by atoms with Crippen molar-refractivity contribution in [3.63, 3.8) is 0 Å². The fourth-order valence-corrected chi connectivity index (χ4v) is 3.37. The van der Waals surface area contributed by atoms with Crippen LogP contribution in [0.3, 0.4) is 0 Å². The molecule has 3 rings (SSSR count). The number of nitrogens with two attached hydrogens (primary N) is 1. The van der Waals surface area contributed by atoms with Crippen molar-refractivity contribution in [3.05, 3.63) is 35.9 Å². The minimum Gasteiger partial charge on any atom is -0.379 e. The number of guanidine groups is 1. The van der Waals surface area contributed by atoms with Gasteiger partial charge in [0.2, 0.25) is 0 Å². The van der Waals surface area contributed by atoms with Crippen LogP contribution >= 0.6 is 0 Å². The molecule has 20 heavy (non-hydrogen) atoms. The van der Waals surface area contributed by atoms with Gasteiger partial charge in [0, 0.05) is 12.5 Å². The monoisotopic (exact) mass is 273 g/mol. The van der Waals surface area contributed by atoms with Crippen LogP contribution in [0.1, 0.15) is 19.4 Å². The number of rotatable bonds is 2. The molecule has 0 saturated carbocycles. The van der Waals surface area contributed by atoms with Crippen molar-refractivity contribution in [3.8, 4) is 0 Å². The van der Waals surface area contributed by atoms with E-state index < -0.39 is 0 Å². The summed E-state index contributed by atoms with van der Waals surface area (Å²) in [5, 5.41) is 0. The normalized spacial score (nSPS) is 28.7. The molecule has 2 aliphatic rings. The number of likely N-dealkylation sites (tertiary alicyclic amines) is 1. The molecule has 2 unspecified atom stereocenters. The molecule has 2 fully saturated rings. The van der Waals surface area contributed by atoms with E-state index in [0.717, 1.165) is 19.8 Å². The molecule has 1 aromatic carbocycles. The van der Waals surface area contributed by atoms with Gasteiger partial charge >= 0.3 is 0 Å². The lowest BCUT2D eigenvalue weighted by molar-refractivity contribution is 0.135. The molecular formula is C16H23N3O. The molecule has 4 heteroatoms. The van der Waals surface area contributed by atoms with E-state index in [1.54, 1.807) is 0 Å². The van der Waals surface area contributed by atoms with E-state index >= 15 is 0 Å². The lowest BCUT2D eigenvalue weighted by Crippen LogP contribution is -2.43. The second kappa shape index (κ2) is 5.09. The third-order valence-corrected chi connectivity index (χ3v) is 4.59. The fraction of sp³-hybridized carbons (Fsp3) is 0.562. The van der Waals surface area contributed by atoms with Gasteiger partial charge < -0.3 is 15.4 Å². The summed E-state index contributed by atoms with van der Waals surface area (Å²) in [4.78, 5) is 6.80. The molecule has 0 bridgehead atoms. The number of ether oxygens (including phenoxy) is 1. The van der Waals surface area contributed by atoms with Gasteiger partial charge in [-0.15, -0.1) is 0 Å². The van der Waals surface area contributed by atoms with Gasteiger partial charge in [0.25, 0.3) is 0 Å². The summed E-state index contributed by atoms with van der Waals surface area (Å²) < 4.78 is 5.64. The molecule has 1 aromatic rings. The number of hydrogen-bond donors (Lipinski definition) is 1. The third kappa shape index (κ3) is 2.40. The Hall–Kier alpha value is -1.55. The highest BCUT2D eigenvalue weighted by Gasteiger charge is 2.50. The van der Waals surface area contributed by atoms with E-state index in [-0.39, 0.29) is 5.41 Å². The number of nitrogens with zero attached hydrogens (tertiary/aromatic N) is 2. The van der Waals surface area contributed by atoms with Crippen LogP contribution in [0.4, 0.5) is 0 Å². The maximum atomic E-state index is 6.22. The Morgan fingerprint density at radius 3 is 2.85 bits per heavy atom. The Morgan fingerprint density at radius 2 is 2.10 bits per heavy atom. The van der Waals surface area contributed by atoms with Crippen LogP contribution in [0.15, 0.2) is 35.3 Å². The predicted octanol–water partition coefficient (Wildman–Crippen LogP) is 1.86. The van der Waals surface area contributed by atoms with Crippen molar-refractivity contribution in [2.75, 3.05) is 19.8 Å². The molecule has 2 heterocycles. The van der Waals surface area contributed by atoms with E-state index in [1.807, 2.05) is 18.2 Å². The Morgan fingerprint density at radius 1 is 1.35 bits per heavy atom. The minimum atomic E-state index is 0.244. The first-order chi connectivity index (χ1) is 9.58. The van der Waals surface area contributed by atoms with Crippen LogP contribution in [-0.4, -0.2) is 36.7 Å². The molecule has 0 radical (unpaired) electrons. The summed E-state index contributed by atoms with van der Waals surface area (Å²) in [5.74, 6) is 1.22. The summed E-state index contributed by atoms with van der Waals surface area (Å²) in [6.45, 7) is 7.82. The number of benzene rings is 1. The quantitative estimate of drug-likeness (QED) is 0.661. The zero-order valence-electron chi connectivity index (χ0n) is 12.2. The zero-order valence-corrected chi connectivity index (χ0v) is 12.2. The lowest BCUT2D eigenvalue weighted by Gasteiger charge is -2.24. The number of hydrogen-bond acceptors (Lipinski definition) is 2. The maximum Gasteiger partial charge on any atom is 0.191 e. The van der Waals surface area contributed by atoms with E-state index in [4.69, 9.17) is 10.5 Å². The Bertz CT molecular complexity index is 498. The first-order valence-corrected chi connectivity index (χ1v) is 7.26. The van der Waals surface area contributed by atoms with Crippen molar-refractivity contribution in [1.82, 2.24) is 4.90 Å². The van der Waals surface area contributed by atoms with Crippen molar-refractivity contribution < 1.29 is 4.74 Å².